The Labute approximate surface area is 89.8 Å². The number of rotatable bonds is 4. The van der Waals surface area contributed by atoms with E-state index in [0.717, 1.165) is 0 Å². The Hall–Kier alpha value is 0.120. The zero-order valence-corrected chi connectivity index (χ0v) is 9.94. The minimum absolute atomic E-state index is 0. The second kappa shape index (κ2) is 5.71. The standard InChI is InChI=1S/C7H15NO3.HI/c1-8(2,3)5-6(9)4-7(10)11;/h6,9H,4-5H2,1-3H3;1H. The van der Waals surface area contributed by atoms with Crippen LogP contribution < -0.4 is 5.11 Å². The van der Waals surface area contributed by atoms with Gasteiger partial charge in [-0.15, -0.1) is 24.0 Å². The Morgan fingerprint density at radius 1 is 1.50 bits per heavy atom. The summed E-state index contributed by atoms with van der Waals surface area (Å²) in [5, 5.41) is 19.1. The topological polar surface area (TPSA) is 60.4 Å². The second-order valence-corrected chi connectivity index (χ2v) is 3.70. The second-order valence-electron chi connectivity index (χ2n) is 3.70. The monoisotopic (exact) mass is 289 g/mol. The van der Waals surface area contributed by atoms with E-state index in [1.165, 1.54) is 0 Å². The summed E-state index contributed by atoms with van der Waals surface area (Å²) in [4.78, 5) is 10.0. The van der Waals surface area contributed by atoms with E-state index >= 15 is 0 Å². The van der Waals surface area contributed by atoms with Gasteiger partial charge in [0.25, 0.3) is 0 Å². The van der Waals surface area contributed by atoms with Crippen molar-refractivity contribution in [2.45, 2.75) is 12.5 Å². The van der Waals surface area contributed by atoms with Gasteiger partial charge in [-0.25, -0.2) is 0 Å². The van der Waals surface area contributed by atoms with Gasteiger partial charge in [-0.1, -0.05) is 0 Å². The average Bonchev–Trinajstić information content (AvgIpc) is 1.53. The fourth-order valence-electron chi connectivity index (χ4n) is 0.889. The number of carboxylic acids is 1. The molecule has 4 nitrogen and oxygen atoms in total. The summed E-state index contributed by atoms with van der Waals surface area (Å²) in [5.41, 5.74) is 0. The Bertz CT molecular complexity index is 144. The van der Waals surface area contributed by atoms with Crippen LogP contribution in [0.25, 0.3) is 0 Å². The Morgan fingerprint density at radius 2 is 1.92 bits per heavy atom. The molecule has 1 unspecified atom stereocenters. The zero-order chi connectivity index (χ0) is 9.07. The van der Waals surface area contributed by atoms with Crippen LogP contribution in [0.2, 0.25) is 0 Å². The minimum atomic E-state index is -1.20. The van der Waals surface area contributed by atoms with Crippen molar-refractivity contribution in [2.24, 2.45) is 0 Å². The molecule has 0 aromatic heterocycles. The molecule has 0 saturated heterocycles. The lowest BCUT2D eigenvalue weighted by molar-refractivity contribution is -0.873. The van der Waals surface area contributed by atoms with E-state index in [9.17, 15) is 9.90 Å². The maximum absolute atomic E-state index is 10.0. The highest BCUT2D eigenvalue weighted by atomic mass is 127. The largest absolute Gasteiger partial charge is 0.550 e. The molecule has 12 heavy (non-hydrogen) atoms. The third-order valence-corrected chi connectivity index (χ3v) is 1.16. The van der Waals surface area contributed by atoms with Crippen LogP contribution in [0.3, 0.4) is 0 Å². The molecule has 0 aliphatic rings. The Morgan fingerprint density at radius 3 is 2.17 bits per heavy atom. The number of carbonyl (C=O) groups excluding carboxylic acids is 1. The highest BCUT2D eigenvalue weighted by molar-refractivity contribution is 14.0. The first-order chi connectivity index (χ1) is 4.81. The van der Waals surface area contributed by atoms with Gasteiger partial charge in [0, 0.05) is 12.4 Å². The summed E-state index contributed by atoms with van der Waals surface area (Å²) in [6.45, 7) is 0.425. The summed E-state index contributed by atoms with van der Waals surface area (Å²) >= 11 is 0. The molecule has 0 fully saturated rings. The van der Waals surface area contributed by atoms with Crippen molar-refractivity contribution in [2.75, 3.05) is 27.7 Å². The van der Waals surface area contributed by atoms with Crippen molar-refractivity contribution in [3.8, 4) is 0 Å². The summed E-state index contributed by atoms with van der Waals surface area (Å²) in [6, 6.07) is 0. The maximum Gasteiger partial charge on any atom is 0.108 e. The van der Waals surface area contributed by atoms with Gasteiger partial charge in [-0.2, -0.15) is 0 Å². The number of nitrogens with zero attached hydrogens (tertiary/aromatic N) is 1. The van der Waals surface area contributed by atoms with Gasteiger partial charge in [-0.05, 0) is 0 Å². The van der Waals surface area contributed by atoms with E-state index in [4.69, 9.17) is 5.11 Å². The van der Waals surface area contributed by atoms with Crippen LogP contribution >= 0.6 is 24.0 Å². The molecule has 0 bridgehead atoms. The van der Waals surface area contributed by atoms with E-state index in [1.807, 2.05) is 21.1 Å². The number of halogens is 1. The fourth-order valence-corrected chi connectivity index (χ4v) is 0.889. The molecular formula is C7H16INO3. The molecule has 0 aliphatic heterocycles. The summed E-state index contributed by atoms with van der Waals surface area (Å²) in [7, 11) is 5.66. The molecule has 0 saturated carbocycles. The average molecular weight is 289 g/mol. The first-order valence-electron chi connectivity index (χ1n) is 3.49. The van der Waals surface area contributed by atoms with Gasteiger partial charge in [0.1, 0.15) is 12.6 Å². The molecule has 0 aromatic rings. The number of aliphatic hydroxyl groups is 1. The Kier molecular flexibility index (Phi) is 6.97. The van der Waals surface area contributed by atoms with Crippen molar-refractivity contribution in [3.63, 3.8) is 0 Å². The number of quaternary nitrogens is 1. The zero-order valence-electron chi connectivity index (χ0n) is 7.61. The molecule has 74 valence electrons. The molecule has 0 spiro atoms. The molecule has 0 aromatic carbocycles. The summed E-state index contributed by atoms with van der Waals surface area (Å²) in [6.07, 6.45) is -1.09. The van der Waals surface area contributed by atoms with Crippen molar-refractivity contribution in [1.82, 2.24) is 0 Å². The number of likely N-dealkylation sites (N-methyl/N-ethyl adjacent to an activating group) is 1. The van der Waals surface area contributed by atoms with Gasteiger partial charge >= 0.3 is 0 Å². The Balaban J connectivity index is 0. The minimum Gasteiger partial charge on any atom is -0.550 e. The van der Waals surface area contributed by atoms with E-state index in [1.54, 1.807) is 0 Å². The van der Waals surface area contributed by atoms with Crippen LogP contribution in [-0.2, 0) is 4.79 Å². The van der Waals surface area contributed by atoms with Crippen LogP contribution in [0.4, 0.5) is 0 Å². The summed E-state index contributed by atoms with van der Waals surface area (Å²) < 4.78 is 0.550. The molecule has 1 atom stereocenters. The van der Waals surface area contributed by atoms with Gasteiger partial charge < -0.3 is 19.5 Å². The SMILES string of the molecule is C[N+](C)(C)CC(O)CC(=O)[O-].I. The van der Waals surface area contributed by atoms with E-state index < -0.39 is 12.1 Å². The molecular weight excluding hydrogens is 273 g/mol. The molecule has 5 heteroatoms. The molecule has 0 aliphatic carbocycles. The van der Waals surface area contributed by atoms with Crippen LogP contribution in [0.1, 0.15) is 6.42 Å². The highest BCUT2D eigenvalue weighted by Crippen LogP contribution is 1.97. The number of carbonyl (C=O) groups is 1. The van der Waals surface area contributed by atoms with E-state index in [2.05, 4.69) is 0 Å². The number of aliphatic carboxylic acids is 1. The van der Waals surface area contributed by atoms with E-state index in [0.29, 0.717) is 11.0 Å². The van der Waals surface area contributed by atoms with Gasteiger partial charge in [0.05, 0.1) is 21.1 Å². The number of carboxylic acid groups (broad SMARTS) is 1. The molecule has 0 heterocycles. The van der Waals surface area contributed by atoms with Gasteiger partial charge in [0.15, 0.2) is 0 Å². The summed E-state index contributed by atoms with van der Waals surface area (Å²) in [5.74, 6) is -1.20. The quantitative estimate of drug-likeness (QED) is 0.523. The normalized spacial score (nSPS) is 13.3. The first-order valence-corrected chi connectivity index (χ1v) is 3.49. The van der Waals surface area contributed by atoms with Crippen LogP contribution in [0.5, 0.6) is 0 Å². The van der Waals surface area contributed by atoms with E-state index in [-0.39, 0.29) is 30.4 Å². The molecule has 1 N–H and O–H groups in total. The predicted octanol–water partition coefficient (Wildman–Crippen LogP) is -1.19. The lowest BCUT2D eigenvalue weighted by atomic mass is 10.2. The lowest BCUT2D eigenvalue weighted by Crippen LogP contribution is -2.43. The third kappa shape index (κ3) is 10.1. The smallest absolute Gasteiger partial charge is 0.108 e. The maximum atomic E-state index is 10.0. The predicted molar refractivity (Wildman–Crippen MR) is 53.9 cm³/mol. The van der Waals surface area contributed by atoms with Gasteiger partial charge in [0.2, 0.25) is 0 Å². The van der Waals surface area contributed by atoms with Crippen LogP contribution in [0.15, 0.2) is 0 Å². The van der Waals surface area contributed by atoms with Crippen molar-refractivity contribution in [1.29, 1.82) is 0 Å². The first kappa shape index (κ1) is 14.6. The van der Waals surface area contributed by atoms with Crippen LogP contribution in [0, 0.1) is 0 Å². The molecule has 0 radical (unpaired) electrons. The number of aliphatic hydroxyl groups excluding tert-OH is 1. The molecule has 0 amide bonds. The fraction of sp³-hybridized carbons (Fsp3) is 0.857. The molecule has 0 rings (SSSR count). The van der Waals surface area contributed by atoms with Crippen molar-refractivity contribution < 1.29 is 19.5 Å². The van der Waals surface area contributed by atoms with Crippen LogP contribution in [-0.4, -0.2) is 49.4 Å². The van der Waals surface area contributed by atoms with Gasteiger partial charge in [-0.3, -0.25) is 0 Å². The highest BCUT2D eigenvalue weighted by Gasteiger charge is 2.14. The van der Waals surface area contributed by atoms with Crippen molar-refractivity contribution >= 4 is 29.9 Å². The number of hydrogen-bond donors (Lipinski definition) is 1. The number of hydrogen-bond acceptors (Lipinski definition) is 3. The third-order valence-electron chi connectivity index (χ3n) is 1.16. The lowest BCUT2D eigenvalue weighted by Gasteiger charge is -2.26. The van der Waals surface area contributed by atoms with Crippen molar-refractivity contribution in [3.05, 3.63) is 0 Å².